The van der Waals surface area contributed by atoms with E-state index >= 15 is 0 Å². The van der Waals surface area contributed by atoms with Gasteiger partial charge in [-0.1, -0.05) is 23.2 Å². The van der Waals surface area contributed by atoms with Crippen molar-refractivity contribution < 1.29 is 0 Å². The summed E-state index contributed by atoms with van der Waals surface area (Å²) in [7, 11) is 0. The average molecular weight is 271 g/mol. The molecule has 1 aromatic carbocycles. The predicted octanol–water partition coefficient (Wildman–Crippen LogP) is 2.73. The van der Waals surface area contributed by atoms with Crippen LogP contribution >= 0.6 is 23.2 Å². The number of rotatable bonds is 3. The number of hydrogen-bond donors (Lipinski definition) is 1. The summed E-state index contributed by atoms with van der Waals surface area (Å²) in [6, 6.07) is 5.26. The first-order valence-electron chi connectivity index (χ1n) is 5.25. The molecule has 0 saturated heterocycles. The molecule has 0 aliphatic carbocycles. The van der Waals surface area contributed by atoms with Gasteiger partial charge >= 0.3 is 0 Å². The van der Waals surface area contributed by atoms with Crippen molar-refractivity contribution in [3.63, 3.8) is 0 Å². The molecule has 0 unspecified atom stereocenters. The van der Waals surface area contributed by atoms with Crippen LogP contribution < -0.4 is 5.73 Å². The van der Waals surface area contributed by atoms with Crippen molar-refractivity contribution in [2.24, 2.45) is 5.73 Å². The van der Waals surface area contributed by atoms with Crippen LogP contribution in [-0.2, 0) is 13.1 Å². The van der Waals surface area contributed by atoms with Crippen molar-refractivity contribution in [1.29, 1.82) is 0 Å². The minimum atomic E-state index is 0.346. The largest absolute Gasteiger partial charge is 0.324 e. The van der Waals surface area contributed by atoms with Gasteiger partial charge in [0.05, 0.1) is 11.6 Å². The van der Waals surface area contributed by atoms with E-state index in [1.807, 2.05) is 11.5 Å². The Morgan fingerprint density at radius 2 is 2.06 bits per heavy atom. The van der Waals surface area contributed by atoms with Crippen molar-refractivity contribution in [2.45, 2.75) is 20.0 Å². The van der Waals surface area contributed by atoms with Crippen LogP contribution in [0.15, 0.2) is 18.2 Å². The second-order valence-electron chi connectivity index (χ2n) is 3.51. The lowest BCUT2D eigenvalue weighted by Crippen LogP contribution is -2.08. The maximum Gasteiger partial charge on any atom is 0.165 e. The van der Waals surface area contributed by atoms with Crippen LogP contribution in [0.1, 0.15) is 12.7 Å². The number of hydrogen-bond acceptors (Lipinski definition) is 3. The van der Waals surface area contributed by atoms with Crippen LogP contribution in [0, 0.1) is 0 Å². The van der Waals surface area contributed by atoms with E-state index in [0.717, 1.165) is 17.9 Å². The summed E-state index contributed by atoms with van der Waals surface area (Å²) in [6.07, 6.45) is 0. The van der Waals surface area contributed by atoms with Crippen molar-refractivity contribution in [2.75, 3.05) is 0 Å². The molecule has 0 radical (unpaired) electrons. The quantitative estimate of drug-likeness (QED) is 0.933. The predicted molar refractivity (Wildman–Crippen MR) is 69.0 cm³/mol. The van der Waals surface area contributed by atoms with E-state index in [2.05, 4.69) is 10.2 Å². The molecule has 4 nitrogen and oxygen atoms in total. The molecule has 2 rings (SSSR count). The zero-order valence-electron chi connectivity index (χ0n) is 9.32. The van der Waals surface area contributed by atoms with Gasteiger partial charge in [-0.25, -0.2) is 0 Å². The summed E-state index contributed by atoms with van der Waals surface area (Å²) < 4.78 is 1.93. The van der Waals surface area contributed by atoms with Gasteiger partial charge in [0.15, 0.2) is 5.82 Å². The fourth-order valence-electron chi connectivity index (χ4n) is 1.69. The number of benzene rings is 1. The Morgan fingerprint density at radius 3 is 2.71 bits per heavy atom. The van der Waals surface area contributed by atoms with Gasteiger partial charge in [-0.2, -0.15) is 0 Å². The third-order valence-electron chi connectivity index (χ3n) is 2.50. The van der Waals surface area contributed by atoms with Gasteiger partial charge in [-0.3, -0.25) is 0 Å². The van der Waals surface area contributed by atoms with Crippen LogP contribution in [0.2, 0.25) is 10.0 Å². The minimum absolute atomic E-state index is 0.346. The topological polar surface area (TPSA) is 56.7 Å². The minimum Gasteiger partial charge on any atom is -0.324 e. The Balaban J connectivity index is 2.59. The molecule has 6 heteroatoms. The monoisotopic (exact) mass is 270 g/mol. The summed E-state index contributed by atoms with van der Waals surface area (Å²) >= 11 is 12.1. The van der Waals surface area contributed by atoms with Gasteiger partial charge < -0.3 is 10.3 Å². The van der Waals surface area contributed by atoms with Crippen LogP contribution in [0.3, 0.4) is 0 Å². The average Bonchev–Trinajstić information content (AvgIpc) is 2.74. The summed E-state index contributed by atoms with van der Waals surface area (Å²) in [5, 5.41) is 9.37. The lowest BCUT2D eigenvalue weighted by Gasteiger charge is -2.08. The molecular weight excluding hydrogens is 259 g/mol. The molecule has 0 aliphatic rings. The van der Waals surface area contributed by atoms with E-state index in [0.29, 0.717) is 22.4 Å². The number of nitrogens with two attached hydrogens (primary N) is 1. The molecule has 1 aromatic heterocycles. The molecule has 0 aliphatic heterocycles. The first kappa shape index (κ1) is 12.4. The highest BCUT2D eigenvalue weighted by molar-refractivity contribution is 6.35. The van der Waals surface area contributed by atoms with Crippen LogP contribution in [0.25, 0.3) is 11.4 Å². The molecule has 1 heterocycles. The van der Waals surface area contributed by atoms with E-state index in [4.69, 9.17) is 28.9 Å². The lowest BCUT2D eigenvalue weighted by molar-refractivity contribution is 0.704. The second-order valence-corrected chi connectivity index (χ2v) is 4.36. The van der Waals surface area contributed by atoms with Crippen molar-refractivity contribution in [1.82, 2.24) is 14.8 Å². The Labute approximate surface area is 109 Å². The standard InChI is InChI=1S/C11H12Cl2N4/c1-2-17-10(6-14)15-16-11(17)8-5-7(12)3-4-9(8)13/h3-5H,2,6,14H2,1H3. The number of halogens is 2. The van der Waals surface area contributed by atoms with E-state index in [-0.39, 0.29) is 0 Å². The van der Waals surface area contributed by atoms with E-state index < -0.39 is 0 Å². The fraction of sp³-hybridized carbons (Fsp3) is 0.273. The molecule has 0 bridgehead atoms. The third-order valence-corrected chi connectivity index (χ3v) is 3.06. The highest BCUT2D eigenvalue weighted by Crippen LogP contribution is 2.29. The van der Waals surface area contributed by atoms with Crippen molar-refractivity contribution >= 4 is 23.2 Å². The molecule has 0 atom stereocenters. The van der Waals surface area contributed by atoms with Gasteiger partial charge in [0, 0.05) is 17.1 Å². The smallest absolute Gasteiger partial charge is 0.165 e. The highest BCUT2D eigenvalue weighted by atomic mass is 35.5. The first-order chi connectivity index (χ1) is 8.17. The molecule has 0 fully saturated rings. The first-order valence-corrected chi connectivity index (χ1v) is 6.00. The summed E-state index contributed by atoms with van der Waals surface area (Å²) in [4.78, 5) is 0. The van der Waals surface area contributed by atoms with Gasteiger partial charge in [-0.05, 0) is 25.1 Å². The SMILES string of the molecule is CCn1c(CN)nnc1-c1cc(Cl)ccc1Cl. The lowest BCUT2D eigenvalue weighted by atomic mass is 10.2. The van der Waals surface area contributed by atoms with Crippen LogP contribution in [-0.4, -0.2) is 14.8 Å². The van der Waals surface area contributed by atoms with Gasteiger partial charge in [0.2, 0.25) is 0 Å². The van der Waals surface area contributed by atoms with Crippen LogP contribution in [0.5, 0.6) is 0 Å². The zero-order valence-corrected chi connectivity index (χ0v) is 10.8. The molecule has 17 heavy (non-hydrogen) atoms. The molecule has 0 amide bonds. The molecule has 90 valence electrons. The van der Waals surface area contributed by atoms with Gasteiger partial charge in [0.1, 0.15) is 5.82 Å². The summed E-state index contributed by atoms with van der Waals surface area (Å²) in [5.74, 6) is 1.43. The Bertz CT molecular complexity index is 536. The summed E-state index contributed by atoms with van der Waals surface area (Å²) in [5.41, 5.74) is 6.37. The van der Waals surface area contributed by atoms with E-state index in [1.54, 1.807) is 18.2 Å². The molecule has 0 saturated carbocycles. The summed E-state index contributed by atoms with van der Waals surface area (Å²) in [6.45, 7) is 3.08. The Hall–Kier alpha value is -1.10. The van der Waals surface area contributed by atoms with Gasteiger partial charge in [-0.15, -0.1) is 10.2 Å². The third kappa shape index (κ3) is 2.29. The zero-order chi connectivity index (χ0) is 12.4. The maximum absolute atomic E-state index is 6.14. The normalized spacial score (nSPS) is 10.8. The van der Waals surface area contributed by atoms with Crippen molar-refractivity contribution in [3.8, 4) is 11.4 Å². The van der Waals surface area contributed by atoms with Crippen LogP contribution in [0.4, 0.5) is 0 Å². The molecular formula is C11H12Cl2N4. The molecule has 2 aromatic rings. The van der Waals surface area contributed by atoms with E-state index in [9.17, 15) is 0 Å². The molecule has 0 spiro atoms. The van der Waals surface area contributed by atoms with Crippen molar-refractivity contribution in [3.05, 3.63) is 34.1 Å². The van der Waals surface area contributed by atoms with Gasteiger partial charge in [0.25, 0.3) is 0 Å². The molecule has 2 N–H and O–H groups in total. The number of nitrogens with zero attached hydrogens (tertiary/aromatic N) is 3. The maximum atomic E-state index is 6.14. The van der Waals surface area contributed by atoms with E-state index in [1.165, 1.54) is 0 Å². The Morgan fingerprint density at radius 1 is 1.29 bits per heavy atom. The number of aromatic nitrogens is 3. The highest BCUT2D eigenvalue weighted by Gasteiger charge is 2.14. The fourth-order valence-corrected chi connectivity index (χ4v) is 2.06. The second kappa shape index (κ2) is 5.04. The Kier molecular flexibility index (Phi) is 3.66.